The van der Waals surface area contributed by atoms with Crippen LogP contribution in [-0.4, -0.2) is 22.2 Å². The third-order valence-electron chi connectivity index (χ3n) is 4.39. The molecule has 0 heterocycles. The molecule has 2 rings (SSSR count). The largest absolute Gasteiger partial charge is 0.393 e. The number of nitro benzene ring substituents is 1. The van der Waals surface area contributed by atoms with E-state index in [-0.39, 0.29) is 16.8 Å². The maximum absolute atomic E-state index is 11.1. The van der Waals surface area contributed by atoms with Crippen LogP contribution in [-0.2, 0) is 0 Å². The zero-order valence-corrected chi connectivity index (χ0v) is 12.6. The highest BCUT2D eigenvalue weighted by molar-refractivity contribution is 5.74. The van der Waals surface area contributed by atoms with Crippen LogP contribution in [0.25, 0.3) is 0 Å². The Bertz CT molecular complexity index is 533. The van der Waals surface area contributed by atoms with Crippen LogP contribution < -0.4 is 11.1 Å². The number of benzene rings is 1. The maximum atomic E-state index is 11.1. The van der Waals surface area contributed by atoms with E-state index in [1.165, 1.54) is 6.07 Å². The summed E-state index contributed by atoms with van der Waals surface area (Å²) in [6.45, 7) is 4.69. The lowest BCUT2D eigenvalue weighted by Gasteiger charge is -2.40. The number of hydrogen-bond acceptors (Lipinski definition) is 5. The third kappa shape index (κ3) is 3.64. The average molecular weight is 293 g/mol. The third-order valence-corrected chi connectivity index (χ3v) is 4.39. The van der Waals surface area contributed by atoms with E-state index in [2.05, 4.69) is 19.2 Å². The Balaban J connectivity index is 2.07. The first-order valence-electron chi connectivity index (χ1n) is 7.22. The number of nitrogen functional groups attached to an aromatic ring is 1. The zero-order valence-electron chi connectivity index (χ0n) is 12.6. The summed E-state index contributed by atoms with van der Waals surface area (Å²) in [5, 5.41) is 24.7. The molecule has 6 heteroatoms. The van der Waals surface area contributed by atoms with Gasteiger partial charge in [0.25, 0.3) is 0 Å². The lowest BCUT2D eigenvalue weighted by atomic mass is 9.71. The summed E-state index contributed by atoms with van der Waals surface area (Å²) < 4.78 is 0. The Morgan fingerprint density at radius 1 is 1.33 bits per heavy atom. The molecule has 1 saturated carbocycles. The van der Waals surface area contributed by atoms with Gasteiger partial charge in [0.05, 0.1) is 10.5 Å². The van der Waals surface area contributed by atoms with Gasteiger partial charge >= 0.3 is 5.69 Å². The zero-order chi connectivity index (χ0) is 15.7. The second-order valence-corrected chi connectivity index (χ2v) is 6.74. The molecule has 1 aliphatic carbocycles. The molecular weight excluding hydrogens is 270 g/mol. The topological polar surface area (TPSA) is 101 Å². The minimum atomic E-state index is -0.812. The summed E-state index contributed by atoms with van der Waals surface area (Å²) in [5.41, 5.74) is 5.46. The van der Waals surface area contributed by atoms with E-state index in [9.17, 15) is 15.2 Å². The van der Waals surface area contributed by atoms with Gasteiger partial charge in [-0.2, -0.15) is 0 Å². The second-order valence-electron chi connectivity index (χ2n) is 6.74. The molecule has 21 heavy (non-hydrogen) atoms. The van der Waals surface area contributed by atoms with Crippen molar-refractivity contribution in [1.82, 2.24) is 0 Å². The molecule has 0 atom stereocenters. The first-order valence-corrected chi connectivity index (χ1v) is 7.22. The predicted molar refractivity (Wildman–Crippen MR) is 83.2 cm³/mol. The molecule has 1 fully saturated rings. The van der Waals surface area contributed by atoms with Gasteiger partial charge in [0.15, 0.2) is 0 Å². The Hall–Kier alpha value is -1.82. The Labute approximate surface area is 124 Å². The van der Waals surface area contributed by atoms with Crippen molar-refractivity contribution in [3.63, 3.8) is 0 Å². The van der Waals surface area contributed by atoms with Gasteiger partial charge in [0, 0.05) is 6.54 Å². The van der Waals surface area contributed by atoms with Crippen molar-refractivity contribution in [2.24, 2.45) is 5.41 Å². The van der Waals surface area contributed by atoms with Gasteiger partial charge in [-0.3, -0.25) is 10.1 Å². The molecule has 6 nitrogen and oxygen atoms in total. The summed E-state index contributed by atoms with van der Waals surface area (Å²) in [7, 11) is 0. The number of nitrogens with one attached hydrogen (secondary N) is 1. The predicted octanol–water partition coefficient (Wildman–Crippen LogP) is 2.92. The van der Waals surface area contributed by atoms with Gasteiger partial charge in [-0.1, -0.05) is 19.9 Å². The van der Waals surface area contributed by atoms with Gasteiger partial charge in [-0.15, -0.1) is 0 Å². The number of rotatable bonds is 4. The van der Waals surface area contributed by atoms with Gasteiger partial charge in [0.1, 0.15) is 11.4 Å². The van der Waals surface area contributed by atoms with Gasteiger partial charge < -0.3 is 16.2 Å². The Kier molecular flexibility index (Phi) is 4.09. The quantitative estimate of drug-likeness (QED) is 0.450. The van der Waals surface area contributed by atoms with E-state index in [1.807, 2.05) is 0 Å². The second kappa shape index (κ2) is 5.52. The monoisotopic (exact) mass is 293 g/mol. The SMILES string of the molecule is CC1(C)CCC(O)(CNc2cccc(N)c2[N+](=O)[O-])CC1. The van der Waals surface area contributed by atoms with E-state index in [4.69, 9.17) is 5.73 Å². The number of aliphatic hydroxyl groups is 1. The van der Waals surface area contributed by atoms with E-state index >= 15 is 0 Å². The standard InChI is InChI=1S/C15H23N3O3/c1-14(2)6-8-15(19,9-7-14)10-17-12-5-3-4-11(16)13(12)18(20)21/h3-5,17,19H,6-10,16H2,1-2H3. The van der Waals surface area contributed by atoms with E-state index in [1.54, 1.807) is 12.1 Å². The molecule has 0 spiro atoms. The van der Waals surface area contributed by atoms with Gasteiger partial charge in [-0.25, -0.2) is 0 Å². The van der Waals surface area contributed by atoms with Crippen molar-refractivity contribution in [3.05, 3.63) is 28.3 Å². The molecule has 0 amide bonds. The van der Waals surface area contributed by atoms with Crippen molar-refractivity contribution in [2.45, 2.75) is 45.1 Å². The lowest BCUT2D eigenvalue weighted by Crippen LogP contribution is -2.42. The summed E-state index contributed by atoms with van der Waals surface area (Å²) in [4.78, 5) is 10.6. The fourth-order valence-corrected chi connectivity index (χ4v) is 2.74. The van der Waals surface area contributed by atoms with Gasteiger partial charge in [0.2, 0.25) is 0 Å². The molecule has 0 unspecified atom stereocenters. The fraction of sp³-hybridized carbons (Fsp3) is 0.600. The summed E-state index contributed by atoms with van der Waals surface area (Å²) in [5.74, 6) is 0. The molecule has 0 aromatic heterocycles. The van der Waals surface area contributed by atoms with Crippen molar-refractivity contribution in [3.8, 4) is 0 Å². The number of para-hydroxylation sites is 1. The first-order chi connectivity index (χ1) is 9.72. The van der Waals surface area contributed by atoms with Crippen molar-refractivity contribution >= 4 is 17.1 Å². The van der Waals surface area contributed by atoms with Crippen molar-refractivity contribution in [2.75, 3.05) is 17.6 Å². The minimum absolute atomic E-state index is 0.127. The summed E-state index contributed by atoms with van der Waals surface area (Å²) in [6.07, 6.45) is 3.29. The van der Waals surface area contributed by atoms with Crippen LogP contribution >= 0.6 is 0 Å². The Morgan fingerprint density at radius 3 is 2.52 bits per heavy atom. The Morgan fingerprint density at radius 2 is 1.95 bits per heavy atom. The minimum Gasteiger partial charge on any atom is -0.393 e. The van der Waals surface area contributed by atoms with Crippen LogP contribution in [0.2, 0.25) is 0 Å². The van der Waals surface area contributed by atoms with Crippen LogP contribution in [0.1, 0.15) is 39.5 Å². The van der Waals surface area contributed by atoms with E-state index < -0.39 is 10.5 Å². The average Bonchev–Trinajstić information content (AvgIpc) is 2.40. The van der Waals surface area contributed by atoms with Gasteiger partial charge in [-0.05, 0) is 43.2 Å². The molecule has 0 saturated heterocycles. The molecule has 1 aliphatic rings. The van der Waals surface area contributed by atoms with Crippen LogP contribution in [0.5, 0.6) is 0 Å². The van der Waals surface area contributed by atoms with Crippen molar-refractivity contribution < 1.29 is 10.0 Å². The van der Waals surface area contributed by atoms with Crippen LogP contribution in [0, 0.1) is 15.5 Å². The number of nitro groups is 1. The van der Waals surface area contributed by atoms with E-state index in [0.717, 1.165) is 12.8 Å². The molecule has 1 aromatic rings. The lowest BCUT2D eigenvalue weighted by molar-refractivity contribution is -0.383. The molecule has 0 radical (unpaired) electrons. The van der Waals surface area contributed by atoms with E-state index in [0.29, 0.717) is 25.1 Å². The molecule has 0 bridgehead atoms. The normalized spacial score (nSPS) is 20.0. The molecule has 0 aliphatic heterocycles. The molecule has 4 N–H and O–H groups in total. The summed E-state index contributed by atoms with van der Waals surface area (Å²) >= 11 is 0. The van der Waals surface area contributed by atoms with Crippen LogP contribution in [0.3, 0.4) is 0 Å². The maximum Gasteiger partial charge on any atom is 0.314 e. The number of anilines is 2. The highest BCUT2D eigenvalue weighted by atomic mass is 16.6. The molecule has 1 aromatic carbocycles. The number of nitrogens with zero attached hydrogens (tertiary/aromatic N) is 1. The molecular formula is C15H23N3O3. The highest BCUT2D eigenvalue weighted by Crippen LogP contribution is 2.40. The summed E-state index contributed by atoms with van der Waals surface area (Å²) in [6, 6.07) is 4.78. The highest BCUT2D eigenvalue weighted by Gasteiger charge is 2.36. The first kappa shape index (κ1) is 15.6. The molecule has 116 valence electrons. The smallest absolute Gasteiger partial charge is 0.314 e. The van der Waals surface area contributed by atoms with Crippen LogP contribution in [0.15, 0.2) is 18.2 Å². The number of hydrogen-bond donors (Lipinski definition) is 3. The van der Waals surface area contributed by atoms with Crippen LogP contribution in [0.4, 0.5) is 17.1 Å². The fourth-order valence-electron chi connectivity index (χ4n) is 2.74. The van der Waals surface area contributed by atoms with Crippen molar-refractivity contribution in [1.29, 1.82) is 0 Å². The number of nitrogens with two attached hydrogens (primary N) is 1.